The summed E-state index contributed by atoms with van der Waals surface area (Å²) in [5.74, 6) is 0.00287. The van der Waals surface area contributed by atoms with Gasteiger partial charge in [0.25, 0.3) is 5.91 Å². The third-order valence-corrected chi connectivity index (χ3v) is 2.98. The van der Waals surface area contributed by atoms with Crippen molar-refractivity contribution in [2.75, 3.05) is 13.1 Å². The molecule has 0 aliphatic rings. The van der Waals surface area contributed by atoms with E-state index in [0.717, 1.165) is 10.0 Å². The first-order valence-electron chi connectivity index (χ1n) is 5.34. The summed E-state index contributed by atoms with van der Waals surface area (Å²) in [4.78, 5) is 13.8. The van der Waals surface area contributed by atoms with Crippen molar-refractivity contribution in [3.8, 4) is 0 Å². The Balaban J connectivity index is 2.90. The lowest BCUT2D eigenvalue weighted by atomic mass is 10.1. The number of hydrogen-bond donors (Lipinski definition) is 0. The first-order valence-corrected chi connectivity index (χ1v) is 6.13. The van der Waals surface area contributed by atoms with E-state index in [1.54, 1.807) is 4.90 Å². The molecular formula is C13H16BrNO. The quantitative estimate of drug-likeness (QED) is 0.776. The molecule has 0 saturated heterocycles. The van der Waals surface area contributed by atoms with E-state index in [1.807, 2.05) is 38.1 Å². The molecule has 0 bridgehead atoms. The number of rotatable bonds is 4. The molecule has 0 aliphatic heterocycles. The molecule has 0 aliphatic carbocycles. The van der Waals surface area contributed by atoms with Crippen LogP contribution in [0.1, 0.15) is 19.4 Å². The van der Waals surface area contributed by atoms with Crippen LogP contribution in [0.25, 0.3) is 5.57 Å². The molecule has 1 aromatic carbocycles. The fourth-order valence-corrected chi connectivity index (χ4v) is 1.90. The molecule has 0 radical (unpaired) electrons. The van der Waals surface area contributed by atoms with E-state index in [0.29, 0.717) is 18.7 Å². The number of carbonyl (C=O) groups is 1. The van der Waals surface area contributed by atoms with Crippen molar-refractivity contribution in [2.45, 2.75) is 13.8 Å². The second-order valence-electron chi connectivity index (χ2n) is 3.47. The van der Waals surface area contributed by atoms with E-state index in [-0.39, 0.29) is 5.91 Å². The van der Waals surface area contributed by atoms with Crippen molar-refractivity contribution < 1.29 is 4.79 Å². The van der Waals surface area contributed by atoms with Crippen LogP contribution in [0.3, 0.4) is 0 Å². The number of carbonyl (C=O) groups excluding carboxylic acids is 1. The van der Waals surface area contributed by atoms with Crippen molar-refractivity contribution in [2.24, 2.45) is 0 Å². The van der Waals surface area contributed by atoms with Gasteiger partial charge in [-0.3, -0.25) is 4.79 Å². The van der Waals surface area contributed by atoms with E-state index in [9.17, 15) is 4.79 Å². The lowest BCUT2D eigenvalue weighted by Crippen LogP contribution is -2.30. The molecule has 1 rings (SSSR count). The molecule has 0 saturated carbocycles. The number of nitrogens with zero attached hydrogens (tertiary/aromatic N) is 1. The van der Waals surface area contributed by atoms with Crippen molar-refractivity contribution in [1.82, 2.24) is 4.90 Å². The van der Waals surface area contributed by atoms with E-state index in [4.69, 9.17) is 0 Å². The van der Waals surface area contributed by atoms with Crippen LogP contribution in [0.5, 0.6) is 0 Å². The number of likely N-dealkylation sites (N-methyl/N-ethyl adjacent to an activating group) is 1. The summed E-state index contributed by atoms with van der Waals surface area (Å²) < 4.78 is 0.957. The summed E-state index contributed by atoms with van der Waals surface area (Å²) in [7, 11) is 0. The van der Waals surface area contributed by atoms with E-state index < -0.39 is 0 Å². The van der Waals surface area contributed by atoms with Gasteiger partial charge in [-0.2, -0.15) is 0 Å². The lowest BCUT2D eigenvalue weighted by Gasteiger charge is -2.20. The molecule has 0 N–H and O–H groups in total. The number of benzene rings is 1. The maximum Gasteiger partial charge on any atom is 0.253 e. The predicted molar refractivity (Wildman–Crippen MR) is 71.1 cm³/mol. The van der Waals surface area contributed by atoms with Crippen LogP contribution in [-0.4, -0.2) is 23.9 Å². The second kappa shape index (κ2) is 5.85. The summed E-state index contributed by atoms with van der Waals surface area (Å²) in [6.45, 7) is 9.23. The number of halogens is 1. The van der Waals surface area contributed by atoms with Gasteiger partial charge in [-0.05, 0) is 31.5 Å². The summed E-state index contributed by atoms with van der Waals surface area (Å²) in [6, 6.07) is 7.64. The zero-order chi connectivity index (χ0) is 12.1. The molecule has 86 valence electrons. The maximum atomic E-state index is 12.0. The predicted octanol–water partition coefficient (Wildman–Crippen LogP) is 3.33. The molecule has 0 atom stereocenters. The van der Waals surface area contributed by atoms with Gasteiger partial charge < -0.3 is 4.90 Å². The van der Waals surface area contributed by atoms with Gasteiger partial charge >= 0.3 is 0 Å². The Morgan fingerprint density at radius 2 is 2.00 bits per heavy atom. The number of amides is 1. The van der Waals surface area contributed by atoms with Crippen LogP contribution < -0.4 is 0 Å². The van der Waals surface area contributed by atoms with Crippen LogP contribution in [0, 0.1) is 0 Å². The monoisotopic (exact) mass is 281 g/mol. The first-order chi connectivity index (χ1) is 7.60. The molecule has 0 spiro atoms. The van der Waals surface area contributed by atoms with Crippen molar-refractivity contribution in [1.29, 1.82) is 0 Å². The molecule has 3 heteroatoms. The molecule has 1 aromatic rings. The third-order valence-electron chi connectivity index (χ3n) is 2.48. The fraction of sp³-hybridized carbons (Fsp3) is 0.308. The van der Waals surface area contributed by atoms with Gasteiger partial charge in [-0.15, -0.1) is 0 Å². The van der Waals surface area contributed by atoms with E-state index in [2.05, 4.69) is 22.5 Å². The van der Waals surface area contributed by atoms with Crippen molar-refractivity contribution in [3.05, 3.63) is 40.9 Å². The highest BCUT2D eigenvalue weighted by Crippen LogP contribution is 2.19. The minimum Gasteiger partial charge on any atom is -0.339 e. The number of hydrogen-bond acceptors (Lipinski definition) is 1. The van der Waals surface area contributed by atoms with Gasteiger partial charge in [0.05, 0.1) is 0 Å². The van der Waals surface area contributed by atoms with Gasteiger partial charge in [0.2, 0.25) is 0 Å². The minimum absolute atomic E-state index is 0.00287. The Morgan fingerprint density at radius 1 is 1.38 bits per heavy atom. The van der Waals surface area contributed by atoms with Gasteiger partial charge in [0.1, 0.15) is 0 Å². The minimum atomic E-state index is 0.00287. The van der Waals surface area contributed by atoms with Gasteiger partial charge in [-0.1, -0.05) is 34.6 Å². The zero-order valence-electron chi connectivity index (χ0n) is 9.66. The van der Waals surface area contributed by atoms with Crippen LogP contribution >= 0.6 is 15.9 Å². The van der Waals surface area contributed by atoms with Gasteiger partial charge in [0.15, 0.2) is 0 Å². The highest BCUT2D eigenvalue weighted by Gasteiger charge is 2.14. The maximum absolute atomic E-state index is 12.0. The molecule has 0 aromatic heterocycles. The molecular weight excluding hydrogens is 266 g/mol. The standard InChI is InChI=1S/C13H16BrNO/c1-4-15(5-2)13(16)10(3)11-7-6-8-12(14)9-11/h6-9H,3-5H2,1-2H3. The van der Waals surface area contributed by atoms with Crippen LogP contribution in [0.15, 0.2) is 35.3 Å². The SMILES string of the molecule is C=C(C(=O)N(CC)CC)c1cccc(Br)c1. The Bertz CT molecular complexity index is 397. The Hall–Kier alpha value is -1.09. The summed E-state index contributed by atoms with van der Waals surface area (Å²) in [5.41, 5.74) is 1.41. The average molecular weight is 282 g/mol. The fourth-order valence-electron chi connectivity index (χ4n) is 1.50. The highest BCUT2D eigenvalue weighted by atomic mass is 79.9. The zero-order valence-corrected chi connectivity index (χ0v) is 11.3. The van der Waals surface area contributed by atoms with E-state index >= 15 is 0 Å². The summed E-state index contributed by atoms with van der Waals surface area (Å²) >= 11 is 3.38. The molecule has 0 heterocycles. The Labute approximate surface area is 105 Å². The van der Waals surface area contributed by atoms with Crippen LogP contribution in [0.4, 0.5) is 0 Å². The third kappa shape index (κ3) is 2.95. The van der Waals surface area contributed by atoms with Crippen LogP contribution in [0.2, 0.25) is 0 Å². The summed E-state index contributed by atoms with van der Waals surface area (Å²) in [6.07, 6.45) is 0. The molecule has 0 unspecified atom stereocenters. The first kappa shape index (κ1) is 13.0. The topological polar surface area (TPSA) is 20.3 Å². The Morgan fingerprint density at radius 3 is 2.50 bits per heavy atom. The average Bonchev–Trinajstić information content (AvgIpc) is 2.29. The molecule has 2 nitrogen and oxygen atoms in total. The van der Waals surface area contributed by atoms with E-state index in [1.165, 1.54) is 0 Å². The largest absolute Gasteiger partial charge is 0.339 e. The molecule has 16 heavy (non-hydrogen) atoms. The highest BCUT2D eigenvalue weighted by molar-refractivity contribution is 9.10. The smallest absolute Gasteiger partial charge is 0.253 e. The second-order valence-corrected chi connectivity index (χ2v) is 4.38. The van der Waals surface area contributed by atoms with Crippen molar-refractivity contribution >= 4 is 27.4 Å². The molecule has 1 amide bonds. The summed E-state index contributed by atoms with van der Waals surface area (Å²) in [5, 5.41) is 0. The van der Waals surface area contributed by atoms with Gasteiger partial charge in [0, 0.05) is 23.1 Å². The lowest BCUT2D eigenvalue weighted by molar-refractivity contribution is -0.124. The van der Waals surface area contributed by atoms with Crippen LogP contribution in [-0.2, 0) is 4.79 Å². The normalized spacial score (nSPS) is 9.94. The molecule has 0 fully saturated rings. The Kier molecular flexibility index (Phi) is 4.74. The van der Waals surface area contributed by atoms with Gasteiger partial charge in [-0.25, -0.2) is 0 Å². The van der Waals surface area contributed by atoms with Crippen molar-refractivity contribution in [3.63, 3.8) is 0 Å².